The zero-order valence-corrected chi connectivity index (χ0v) is 14.2. The number of ether oxygens (including phenoxy) is 1. The van der Waals surface area contributed by atoms with Crippen molar-refractivity contribution in [2.45, 2.75) is 13.8 Å². The first-order chi connectivity index (χ1) is 12.2. The minimum atomic E-state index is -0.254. The minimum Gasteiger partial charge on any atom is -0.493 e. The van der Waals surface area contributed by atoms with Gasteiger partial charge in [0.05, 0.1) is 30.3 Å². The monoisotopic (exact) mass is 333 g/mol. The van der Waals surface area contributed by atoms with Gasteiger partial charge in [0.25, 0.3) is 5.91 Å². The predicted molar refractivity (Wildman–Crippen MR) is 97.8 cm³/mol. The summed E-state index contributed by atoms with van der Waals surface area (Å²) in [6, 6.07) is 15.1. The number of hydrogen-bond acceptors (Lipinski definition) is 4. The van der Waals surface area contributed by atoms with Crippen molar-refractivity contribution < 1.29 is 9.53 Å². The second-order valence-corrected chi connectivity index (χ2v) is 5.54. The van der Waals surface area contributed by atoms with E-state index in [1.807, 2.05) is 44.2 Å². The van der Waals surface area contributed by atoms with E-state index in [4.69, 9.17) is 4.74 Å². The van der Waals surface area contributed by atoms with Crippen molar-refractivity contribution in [3.63, 3.8) is 0 Å². The molecular formula is C20H19N3O2. The first-order valence-corrected chi connectivity index (χ1v) is 8.09. The molecule has 1 amide bonds. The molecule has 1 N–H and O–H groups in total. The van der Waals surface area contributed by atoms with Gasteiger partial charge in [-0.1, -0.05) is 42.0 Å². The Morgan fingerprint density at radius 3 is 2.40 bits per heavy atom. The van der Waals surface area contributed by atoms with Crippen LogP contribution in [0.3, 0.4) is 0 Å². The molecule has 0 saturated heterocycles. The van der Waals surface area contributed by atoms with Gasteiger partial charge in [0.2, 0.25) is 0 Å². The Bertz CT molecular complexity index is 859. The minimum absolute atomic E-state index is 0.254. The molecule has 1 heterocycles. The van der Waals surface area contributed by atoms with E-state index >= 15 is 0 Å². The fourth-order valence-electron chi connectivity index (χ4n) is 2.38. The maximum absolute atomic E-state index is 12.5. The standard InChI is InChI=1S/C20H19N3O2/c1-3-25-18-7-5-4-6-17(18)20(24)23-16-12-21-19(22-13-16)15-10-8-14(2)9-11-15/h4-13H,3H2,1-2H3,(H,23,24). The summed E-state index contributed by atoms with van der Waals surface area (Å²) in [5, 5.41) is 2.80. The summed E-state index contributed by atoms with van der Waals surface area (Å²) in [5.41, 5.74) is 3.13. The van der Waals surface area contributed by atoms with Crippen LogP contribution in [-0.2, 0) is 0 Å². The number of carbonyl (C=O) groups is 1. The molecule has 25 heavy (non-hydrogen) atoms. The van der Waals surface area contributed by atoms with Crippen molar-refractivity contribution in [3.8, 4) is 17.1 Å². The molecule has 1 aromatic heterocycles. The lowest BCUT2D eigenvalue weighted by Crippen LogP contribution is -2.14. The number of anilines is 1. The van der Waals surface area contributed by atoms with Crippen molar-refractivity contribution >= 4 is 11.6 Å². The Balaban J connectivity index is 1.75. The van der Waals surface area contributed by atoms with Crippen molar-refractivity contribution in [1.29, 1.82) is 0 Å². The van der Waals surface area contributed by atoms with E-state index in [-0.39, 0.29) is 5.91 Å². The van der Waals surface area contributed by atoms with E-state index in [1.165, 1.54) is 5.56 Å². The van der Waals surface area contributed by atoms with Gasteiger partial charge >= 0.3 is 0 Å². The Labute approximate surface area is 146 Å². The van der Waals surface area contributed by atoms with Gasteiger partial charge in [-0.05, 0) is 26.0 Å². The number of hydrogen-bond donors (Lipinski definition) is 1. The van der Waals surface area contributed by atoms with Crippen LogP contribution in [0.5, 0.6) is 5.75 Å². The Kier molecular flexibility index (Phi) is 5.04. The largest absolute Gasteiger partial charge is 0.493 e. The number of aromatic nitrogens is 2. The molecule has 0 bridgehead atoms. The molecule has 2 aromatic carbocycles. The lowest BCUT2D eigenvalue weighted by atomic mass is 10.1. The maximum Gasteiger partial charge on any atom is 0.259 e. The van der Waals surface area contributed by atoms with Crippen LogP contribution in [0.4, 0.5) is 5.69 Å². The molecule has 0 aliphatic carbocycles. The van der Waals surface area contributed by atoms with Crippen molar-refractivity contribution in [3.05, 3.63) is 72.1 Å². The molecule has 126 valence electrons. The zero-order chi connectivity index (χ0) is 17.6. The predicted octanol–water partition coefficient (Wildman–Crippen LogP) is 4.10. The Morgan fingerprint density at radius 1 is 1.04 bits per heavy atom. The van der Waals surface area contributed by atoms with Crippen LogP contribution in [0.2, 0.25) is 0 Å². The summed E-state index contributed by atoms with van der Waals surface area (Å²) < 4.78 is 5.49. The Hall–Kier alpha value is -3.21. The summed E-state index contributed by atoms with van der Waals surface area (Å²) in [6.45, 7) is 4.41. The van der Waals surface area contributed by atoms with Gasteiger partial charge in [0.15, 0.2) is 5.82 Å². The average Bonchev–Trinajstić information content (AvgIpc) is 2.64. The van der Waals surface area contributed by atoms with Crippen LogP contribution in [0.25, 0.3) is 11.4 Å². The molecule has 0 atom stereocenters. The second-order valence-electron chi connectivity index (χ2n) is 5.54. The third-order valence-electron chi connectivity index (χ3n) is 3.65. The summed E-state index contributed by atoms with van der Waals surface area (Å²) in [4.78, 5) is 21.1. The third kappa shape index (κ3) is 4.01. The van der Waals surface area contributed by atoms with Gasteiger partial charge in [-0.15, -0.1) is 0 Å². The van der Waals surface area contributed by atoms with Crippen LogP contribution in [0.15, 0.2) is 60.9 Å². The molecule has 3 aromatic rings. The first kappa shape index (κ1) is 16.6. The molecule has 0 spiro atoms. The highest BCUT2D eigenvalue weighted by molar-refractivity contribution is 6.06. The second kappa shape index (κ2) is 7.57. The summed E-state index contributed by atoms with van der Waals surface area (Å²) in [7, 11) is 0. The van der Waals surface area contributed by atoms with Crippen LogP contribution in [-0.4, -0.2) is 22.5 Å². The number of amides is 1. The topological polar surface area (TPSA) is 64.1 Å². The summed E-state index contributed by atoms with van der Waals surface area (Å²) >= 11 is 0. The van der Waals surface area contributed by atoms with Gasteiger partial charge in [-0.25, -0.2) is 9.97 Å². The van der Waals surface area contributed by atoms with E-state index < -0.39 is 0 Å². The number of para-hydroxylation sites is 1. The van der Waals surface area contributed by atoms with E-state index in [1.54, 1.807) is 30.6 Å². The first-order valence-electron chi connectivity index (χ1n) is 8.09. The van der Waals surface area contributed by atoms with E-state index in [2.05, 4.69) is 15.3 Å². The molecule has 0 fully saturated rings. The van der Waals surface area contributed by atoms with E-state index in [9.17, 15) is 4.79 Å². The number of carbonyl (C=O) groups excluding carboxylic acids is 1. The lowest BCUT2D eigenvalue weighted by Gasteiger charge is -2.10. The van der Waals surface area contributed by atoms with Crippen LogP contribution in [0, 0.1) is 6.92 Å². The highest BCUT2D eigenvalue weighted by Gasteiger charge is 2.12. The highest BCUT2D eigenvalue weighted by atomic mass is 16.5. The quantitative estimate of drug-likeness (QED) is 0.763. The number of rotatable bonds is 5. The summed E-state index contributed by atoms with van der Waals surface area (Å²) in [6.07, 6.45) is 3.20. The van der Waals surface area contributed by atoms with Gasteiger partial charge in [0.1, 0.15) is 5.75 Å². The molecule has 3 rings (SSSR count). The third-order valence-corrected chi connectivity index (χ3v) is 3.65. The average molecular weight is 333 g/mol. The van der Waals surface area contributed by atoms with Crippen molar-refractivity contribution in [1.82, 2.24) is 9.97 Å². The van der Waals surface area contributed by atoms with Crippen molar-refractivity contribution in [2.75, 3.05) is 11.9 Å². The molecular weight excluding hydrogens is 314 g/mol. The maximum atomic E-state index is 12.5. The van der Waals surface area contributed by atoms with Crippen LogP contribution in [0.1, 0.15) is 22.8 Å². The summed E-state index contributed by atoms with van der Waals surface area (Å²) in [5.74, 6) is 0.920. The van der Waals surface area contributed by atoms with Crippen molar-refractivity contribution in [2.24, 2.45) is 0 Å². The van der Waals surface area contributed by atoms with Gasteiger partial charge < -0.3 is 10.1 Å². The zero-order valence-electron chi connectivity index (χ0n) is 14.2. The fraction of sp³-hybridized carbons (Fsp3) is 0.150. The van der Waals surface area contributed by atoms with Crippen LogP contribution < -0.4 is 10.1 Å². The molecule has 5 heteroatoms. The number of nitrogens with one attached hydrogen (secondary N) is 1. The molecule has 0 aliphatic rings. The fourth-order valence-corrected chi connectivity index (χ4v) is 2.38. The molecule has 5 nitrogen and oxygen atoms in total. The van der Waals surface area contributed by atoms with E-state index in [0.29, 0.717) is 29.4 Å². The number of nitrogens with zero attached hydrogens (tertiary/aromatic N) is 2. The van der Waals surface area contributed by atoms with Crippen LogP contribution >= 0.6 is 0 Å². The van der Waals surface area contributed by atoms with E-state index in [0.717, 1.165) is 5.56 Å². The Morgan fingerprint density at radius 2 is 1.72 bits per heavy atom. The molecule has 0 saturated carbocycles. The van der Waals surface area contributed by atoms with Gasteiger partial charge in [-0.2, -0.15) is 0 Å². The number of benzene rings is 2. The molecule has 0 aliphatic heterocycles. The molecule has 0 unspecified atom stereocenters. The molecule has 0 radical (unpaired) electrons. The lowest BCUT2D eigenvalue weighted by molar-refractivity contribution is 0.102. The smallest absolute Gasteiger partial charge is 0.259 e. The SMILES string of the molecule is CCOc1ccccc1C(=O)Nc1cnc(-c2ccc(C)cc2)nc1. The van der Waals surface area contributed by atoms with Gasteiger partial charge in [0, 0.05) is 5.56 Å². The van der Waals surface area contributed by atoms with Gasteiger partial charge in [-0.3, -0.25) is 4.79 Å². The number of aryl methyl sites for hydroxylation is 1. The normalized spacial score (nSPS) is 10.3. The highest BCUT2D eigenvalue weighted by Crippen LogP contribution is 2.20.